The Balaban J connectivity index is 1.79. The fourth-order valence-corrected chi connectivity index (χ4v) is 1.97. The van der Waals surface area contributed by atoms with E-state index in [9.17, 15) is 18.0 Å². The number of halogens is 3. The van der Waals surface area contributed by atoms with Crippen LogP contribution >= 0.6 is 0 Å². The van der Waals surface area contributed by atoms with Crippen molar-refractivity contribution >= 4 is 5.97 Å². The minimum atomic E-state index is -4.62. The minimum Gasteiger partial charge on any atom is -0.364 e. The Labute approximate surface area is 114 Å². The van der Waals surface area contributed by atoms with Gasteiger partial charge in [0.05, 0.1) is 11.7 Å². The number of carbonyl (C=O) groups is 1. The van der Waals surface area contributed by atoms with Gasteiger partial charge in [0.25, 0.3) is 0 Å². The van der Waals surface area contributed by atoms with Crippen molar-refractivity contribution in [3.63, 3.8) is 0 Å². The molecule has 1 aliphatic heterocycles. The summed E-state index contributed by atoms with van der Waals surface area (Å²) in [4.78, 5) is 16.9. The van der Waals surface area contributed by atoms with Crippen molar-refractivity contribution in [3.8, 4) is 0 Å². The second kappa shape index (κ2) is 6.23. The van der Waals surface area contributed by atoms with Gasteiger partial charge in [-0.3, -0.25) is 4.74 Å². The number of benzene rings is 1. The van der Waals surface area contributed by atoms with Crippen LogP contribution < -0.4 is 0 Å². The zero-order valence-electron chi connectivity index (χ0n) is 10.6. The van der Waals surface area contributed by atoms with Crippen molar-refractivity contribution in [2.45, 2.75) is 25.3 Å². The number of rotatable bonds is 3. The van der Waals surface area contributed by atoms with Gasteiger partial charge in [0.2, 0.25) is 0 Å². The van der Waals surface area contributed by atoms with Crippen LogP contribution in [0.3, 0.4) is 0 Å². The molecule has 0 radical (unpaired) electrons. The van der Waals surface area contributed by atoms with Gasteiger partial charge in [0.1, 0.15) is 0 Å². The quantitative estimate of drug-likeness (QED) is 0.857. The van der Waals surface area contributed by atoms with Gasteiger partial charge < -0.3 is 4.84 Å². The molecule has 110 valence electrons. The molecule has 20 heavy (non-hydrogen) atoms. The number of hydroxylamine groups is 2. The van der Waals surface area contributed by atoms with E-state index in [0.29, 0.717) is 5.56 Å². The molecule has 0 saturated carbocycles. The maximum Gasteiger partial charge on any atom is 0.522 e. The van der Waals surface area contributed by atoms with E-state index < -0.39 is 18.4 Å². The monoisotopic (exact) mass is 289 g/mol. The van der Waals surface area contributed by atoms with Gasteiger partial charge in [-0.15, -0.1) is 18.2 Å². The first-order valence-corrected chi connectivity index (χ1v) is 6.21. The summed E-state index contributed by atoms with van der Waals surface area (Å²) in [6.45, 7) is 0.443. The molecule has 0 amide bonds. The number of piperidine rings is 1. The number of alkyl halides is 3. The molecule has 1 aromatic rings. The van der Waals surface area contributed by atoms with Crippen molar-refractivity contribution in [3.05, 3.63) is 35.9 Å². The second-order valence-electron chi connectivity index (χ2n) is 4.44. The van der Waals surface area contributed by atoms with Crippen molar-refractivity contribution in [2.75, 3.05) is 13.1 Å². The predicted molar refractivity (Wildman–Crippen MR) is 63.6 cm³/mol. The fourth-order valence-electron chi connectivity index (χ4n) is 1.97. The van der Waals surface area contributed by atoms with Crippen LogP contribution in [0.15, 0.2) is 30.3 Å². The van der Waals surface area contributed by atoms with Crippen LogP contribution in [0.4, 0.5) is 13.2 Å². The van der Waals surface area contributed by atoms with Crippen molar-refractivity contribution in [1.82, 2.24) is 5.06 Å². The summed E-state index contributed by atoms with van der Waals surface area (Å²) in [5.74, 6) is -0.513. The van der Waals surface area contributed by atoms with E-state index >= 15 is 0 Å². The second-order valence-corrected chi connectivity index (χ2v) is 4.44. The van der Waals surface area contributed by atoms with Gasteiger partial charge >= 0.3 is 12.3 Å². The Morgan fingerprint density at radius 3 is 2.30 bits per heavy atom. The molecule has 0 unspecified atom stereocenters. The molecular formula is C13H14F3NO3. The summed E-state index contributed by atoms with van der Waals surface area (Å²) in [6, 6.07) is 8.42. The topological polar surface area (TPSA) is 38.8 Å². The lowest BCUT2D eigenvalue weighted by Gasteiger charge is -2.30. The molecule has 0 aliphatic carbocycles. The number of ether oxygens (including phenoxy) is 1. The number of nitrogens with zero attached hydrogens (tertiary/aromatic N) is 1. The molecule has 0 spiro atoms. The predicted octanol–water partition coefficient (Wildman–Crippen LogP) is 2.76. The highest BCUT2D eigenvalue weighted by Gasteiger charge is 2.35. The van der Waals surface area contributed by atoms with Crippen molar-refractivity contribution < 1.29 is 27.5 Å². The van der Waals surface area contributed by atoms with Crippen LogP contribution in [0, 0.1) is 0 Å². The molecule has 1 aliphatic rings. The van der Waals surface area contributed by atoms with E-state index in [0.717, 1.165) is 0 Å². The largest absolute Gasteiger partial charge is 0.522 e. The third kappa shape index (κ3) is 4.50. The molecule has 7 heteroatoms. The van der Waals surface area contributed by atoms with Gasteiger partial charge in [0.15, 0.2) is 0 Å². The van der Waals surface area contributed by atoms with Crippen LogP contribution in [0.2, 0.25) is 0 Å². The summed E-state index contributed by atoms with van der Waals surface area (Å²) in [5, 5.41) is 1.37. The number of carbonyl (C=O) groups excluding carboxylic acids is 1. The lowest BCUT2D eigenvalue weighted by atomic mass is 10.1. The molecule has 4 nitrogen and oxygen atoms in total. The summed E-state index contributed by atoms with van der Waals surface area (Å²) >= 11 is 0. The zero-order valence-corrected chi connectivity index (χ0v) is 10.6. The molecule has 1 aromatic carbocycles. The first-order chi connectivity index (χ1) is 9.44. The van der Waals surface area contributed by atoms with E-state index in [2.05, 4.69) is 4.74 Å². The van der Waals surface area contributed by atoms with Crippen LogP contribution in [-0.2, 0) is 9.57 Å². The molecule has 0 aromatic heterocycles. The standard InChI is InChI=1S/C13H14F3NO3/c14-13(15,16)19-11-6-8-17(9-7-11)20-12(18)10-4-2-1-3-5-10/h1-5,11H,6-9H2. The number of hydrogen-bond acceptors (Lipinski definition) is 4. The smallest absolute Gasteiger partial charge is 0.364 e. The summed E-state index contributed by atoms with van der Waals surface area (Å²) in [5.41, 5.74) is 0.404. The summed E-state index contributed by atoms with van der Waals surface area (Å²) < 4.78 is 40.1. The number of hydrogen-bond donors (Lipinski definition) is 0. The lowest BCUT2D eigenvalue weighted by Crippen LogP contribution is -2.40. The SMILES string of the molecule is O=C(ON1CCC(OC(F)(F)F)CC1)c1ccccc1. The minimum absolute atomic E-state index is 0.168. The Morgan fingerprint density at radius 2 is 1.75 bits per heavy atom. The van der Waals surface area contributed by atoms with Gasteiger partial charge in [-0.1, -0.05) is 18.2 Å². The van der Waals surface area contributed by atoms with E-state index in [-0.39, 0.29) is 25.9 Å². The van der Waals surface area contributed by atoms with Crippen LogP contribution in [0.1, 0.15) is 23.2 Å². The van der Waals surface area contributed by atoms with E-state index in [1.54, 1.807) is 30.3 Å². The highest BCUT2D eigenvalue weighted by Crippen LogP contribution is 2.24. The lowest BCUT2D eigenvalue weighted by molar-refractivity contribution is -0.348. The Hall–Kier alpha value is -1.60. The van der Waals surface area contributed by atoms with Crippen LogP contribution in [0.25, 0.3) is 0 Å². The highest BCUT2D eigenvalue weighted by atomic mass is 19.4. The zero-order chi connectivity index (χ0) is 14.6. The van der Waals surface area contributed by atoms with E-state index in [4.69, 9.17) is 4.84 Å². The van der Waals surface area contributed by atoms with Crippen molar-refractivity contribution in [2.24, 2.45) is 0 Å². The third-order valence-corrected chi connectivity index (χ3v) is 2.92. The highest BCUT2D eigenvalue weighted by molar-refractivity contribution is 5.89. The van der Waals surface area contributed by atoms with Gasteiger partial charge in [-0.05, 0) is 25.0 Å². The van der Waals surface area contributed by atoms with E-state index in [1.807, 2.05) is 0 Å². The molecule has 0 bridgehead atoms. The fraction of sp³-hybridized carbons (Fsp3) is 0.462. The van der Waals surface area contributed by atoms with Crippen molar-refractivity contribution in [1.29, 1.82) is 0 Å². The van der Waals surface area contributed by atoms with Gasteiger partial charge in [-0.25, -0.2) is 4.79 Å². The normalized spacial score (nSPS) is 17.9. The molecular weight excluding hydrogens is 275 g/mol. The molecule has 1 fully saturated rings. The van der Waals surface area contributed by atoms with Crippen LogP contribution in [-0.4, -0.2) is 36.6 Å². The maximum atomic E-state index is 12.0. The Morgan fingerprint density at radius 1 is 1.15 bits per heavy atom. The molecule has 2 rings (SSSR count). The first-order valence-electron chi connectivity index (χ1n) is 6.21. The maximum absolute atomic E-state index is 12.0. The average molecular weight is 289 g/mol. The summed E-state index contributed by atoms with van der Waals surface area (Å²) in [7, 11) is 0. The third-order valence-electron chi connectivity index (χ3n) is 2.92. The van der Waals surface area contributed by atoms with Gasteiger partial charge in [0, 0.05) is 13.1 Å². The van der Waals surface area contributed by atoms with E-state index in [1.165, 1.54) is 5.06 Å². The molecule has 0 N–H and O–H groups in total. The Kier molecular flexibility index (Phi) is 4.61. The Bertz CT molecular complexity index is 442. The van der Waals surface area contributed by atoms with Crippen LogP contribution in [0.5, 0.6) is 0 Å². The molecule has 0 atom stereocenters. The molecule has 1 saturated heterocycles. The first kappa shape index (κ1) is 14.8. The average Bonchev–Trinajstić information content (AvgIpc) is 2.40. The van der Waals surface area contributed by atoms with Gasteiger partial charge in [-0.2, -0.15) is 0 Å². The molecule has 1 heterocycles. The summed E-state index contributed by atoms with van der Waals surface area (Å²) in [6.07, 6.45) is -5.15.